The summed E-state index contributed by atoms with van der Waals surface area (Å²) in [6, 6.07) is 31.5. The molecule has 55 heavy (non-hydrogen) atoms. The second-order valence-electron chi connectivity index (χ2n) is 14.0. The van der Waals surface area contributed by atoms with Crippen LogP contribution in [0.3, 0.4) is 0 Å². The molecule has 0 spiro atoms. The smallest absolute Gasteiger partial charge is 0.298 e. The molecule has 11 nitrogen and oxygen atoms in total. The van der Waals surface area contributed by atoms with Gasteiger partial charge in [0.25, 0.3) is 33.7 Å². The molecule has 0 atom stereocenters. The fraction of sp³-hybridized carbons (Fsp3) is 0.116. The highest BCUT2D eigenvalue weighted by Gasteiger charge is 2.39. The summed E-state index contributed by atoms with van der Waals surface area (Å²) in [5, 5.41) is 0.586. The minimum absolute atomic E-state index is 0.00263. The maximum atomic E-state index is 13.9. The van der Waals surface area contributed by atoms with Crippen LogP contribution in [0.1, 0.15) is 72.0 Å². The van der Waals surface area contributed by atoms with Crippen LogP contribution in [0.5, 0.6) is 23.0 Å². The predicted octanol–water partition coefficient (Wildman–Crippen LogP) is 8.33. The summed E-state index contributed by atoms with van der Waals surface area (Å²) in [6.07, 6.45) is 0. The molecule has 4 amide bonds. The zero-order chi connectivity index (χ0) is 39.0. The molecule has 8 rings (SSSR count). The molecule has 0 radical (unpaired) electrons. The molecule has 12 heteroatoms. The van der Waals surface area contributed by atoms with Gasteiger partial charge in [-0.15, -0.1) is 0 Å². The van der Waals surface area contributed by atoms with Crippen LogP contribution in [0.4, 0.5) is 5.69 Å². The van der Waals surface area contributed by atoms with Gasteiger partial charge in [-0.25, -0.2) is 4.90 Å². The quantitative estimate of drug-likeness (QED) is 0.120. The normalized spacial score (nSPS) is 14.1. The Morgan fingerprint density at radius 1 is 0.582 bits per heavy atom. The molecule has 1 N–H and O–H groups in total. The molecular weight excluding hydrogens is 721 g/mol. The molecule has 0 aromatic heterocycles. The van der Waals surface area contributed by atoms with Crippen molar-refractivity contribution in [2.75, 3.05) is 11.9 Å². The van der Waals surface area contributed by atoms with Crippen LogP contribution in [0.15, 0.2) is 120 Å². The van der Waals surface area contributed by atoms with Gasteiger partial charge >= 0.3 is 0 Å². The van der Waals surface area contributed by atoms with Crippen molar-refractivity contribution in [2.45, 2.75) is 31.1 Å². The van der Waals surface area contributed by atoms with Gasteiger partial charge in [-0.1, -0.05) is 50.2 Å². The van der Waals surface area contributed by atoms with Crippen LogP contribution in [0.25, 0.3) is 10.8 Å². The number of nitrogens with zero attached hydrogens (tertiary/aromatic N) is 2. The van der Waals surface area contributed by atoms with Crippen LogP contribution in [0, 0.1) is 6.92 Å². The number of rotatable bonds is 8. The van der Waals surface area contributed by atoms with E-state index >= 15 is 0 Å². The molecule has 0 bridgehead atoms. The van der Waals surface area contributed by atoms with Gasteiger partial charge in [-0.05, 0) is 96.4 Å². The van der Waals surface area contributed by atoms with Gasteiger partial charge < -0.3 is 9.47 Å². The molecule has 6 aromatic carbocycles. The lowest BCUT2D eigenvalue weighted by Crippen LogP contribution is -2.42. The predicted molar refractivity (Wildman–Crippen MR) is 204 cm³/mol. The third-order valence-corrected chi connectivity index (χ3v) is 11.0. The van der Waals surface area contributed by atoms with Crippen LogP contribution >= 0.6 is 0 Å². The first-order chi connectivity index (χ1) is 26.1. The third kappa shape index (κ3) is 5.92. The van der Waals surface area contributed by atoms with Crippen molar-refractivity contribution in [2.24, 2.45) is 0 Å². The van der Waals surface area contributed by atoms with Crippen LogP contribution in [-0.2, 0) is 15.5 Å². The largest absolute Gasteiger partial charge is 0.457 e. The van der Waals surface area contributed by atoms with Gasteiger partial charge in [0, 0.05) is 51.6 Å². The number of carbonyl (C=O) groups is 4. The minimum Gasteiger partial charge on any atom is -0.457 e. The first-order valence-corrected chi connectivity index (χ1v) is 18.6. The second-order valence-corrected chi connectivity index (χ2v) is 15.4. The number of amides is 4. The first kappa shape index (κ1) is 35.4. The second kappa shape index (κ2) is 12.8. The van der Waals surface area contributed by atoms with E-state index in [1.807, 2.05) is 39.0 Å². The Bertz CT molecular complexity index is 2700. The zero-order valence-corrected chi connectivity index (χ0v) is 30.8. The van der Waals surface area contributed by atoms with E-state index in [0.717, 1.165) is 20.9 Å². The van der Waals surface area contributed by atoms with Gasteiger partial charge in [0.05, 0.1) is 5.69 Å². The van der Waals surface area contributed by atoms with Gasteiger partial charge in [-0.3, -0.25) is 28.6 Å². The standard InChI is InChI=1S/C43H32N2O9S/c1-24-7-5-9-29(21-24)54-35-20-13-26(22-36(35)55(50,51)52)43(2,3)25-11-14-28(15-12-25)53-30-10-6-8-27(23-30)45-41(48)33-18-16-31-37-32(40(47)44(4)39(31)46)17-19-34(38(33)37)42(45)49/h5-23H,1-4H3,(H,50,51,52). The van der Waals surface area contributed by atoms with Crippen molar-refractivity contribution in [3.63, 3.8) is 0 Å². The Morgan fingerprint density at radius 3 is 1.67 bits per heavy atom. The highest BCUT2D eigenvalue weighted by molar-refractivity contribution is 7.86. The molecule has 2 aliphatic heterocycles. The number of anilines is 1. The lowest BCUT2D eigenvalue weighted by atomic mass is 9.78. The summed E-state index contributed by atoms with van der Waals surface area (Å²) in [6.45, 7) is 5.73. The number of aryl methyl sites for hydroxylation is 1. The Morgan fingerprint density at radius 2 is 1.11 bits per heavy atom. The van der Waals surface area contributed by atoms with Crippen molar-refractivity contribution >= 4 is 50.2 Å². The molecule has 2 aliphatic rings. The summed E-state index contributed by atoms with van der Waals surface area (Å²) in [7, 11) is -3.25. The van der Waals surface area contributed by atoms with Crippen molar-refractivity contribution in [1.82, 2.24) is 4.90 Å². The molecule has 6 aromatic rings. The van der Waals surface area contributed by atoms with Crippen molar-refractivity contribution in [1.29, 1.82) is 0 Å². The van der Waals surface area contributed by atoms with E-state index in [9.17, 15) is 32.1 Å². The summed E-state index contributed by atoms with van der Waals surface area (Å²) in [5.41, 5.74) is 2.80. The van der Waals surface area contributed by atoms with E-state index in [1.54, 1.807) is 60.7 Å². The van der Waals surface area contributed by atoms with Crippen molar-refractivity contribution in [3.8, 4) is 23.0 Å². The molecule has 274 valence electrons. The van der Waals surface area contributed by atoms with Gasteiger partial charge in [0.15, 0.2) is 0 Å². The average Bonchev–Trinajstić information content (AvgIpc) is 3.15. The van der Waals surface area contributed by atoms with E-state index in [2.05, 4.69) is 0 Å². The zero-order valence-electron chi connectivity index (χ0n) is 30.0. The maximum Gasteiger partial charge on any atom is 0.298 e. The lowest BCUT2D eigenvalue weighted by Gasteiger charge is -2.31. The molecule has 0 unspecified atom stereocenters. The SMILES string of the molecule is Cc1cccc(Oc2ccc(C(C)(C)c3ccc(Oc4cccc(N5C(=O)c6ccc7c8c(ccc(c68)C5=O)C(=O)N(C)C7=O)c4)cc3)cc2S(=O)(=O)O)c1. The number of ether oxygens (including phenoxy) is 2. The van der Waals surface area contributed by atoms with Crippen molar-refractivity contribution in [3.05, 3.63) is 154 Å². The number of hydrogen-bond acceptors (Lipinski definition) is 8. The Balaban J connectivity index is 1.05. The Kier molecular flexibility index (Phi) is 8.21. The number of carbonyl (C=O) groups excluding carboxylic acids is 4. The van der Waals surface area contributed by atoms with Gasteiger partial charge in [0.1, 0.15) is 27.9 Å². The summed E-state index contributed by atoms with van der Waals surface area (Å²) in [5.74, 6) is -0.976. The Labute approximate surface area is 316 Å². The summed E-state index contributed by atoms with van der Waals surface area (Å²) < 4.78 is 47.1. The maximum absolute atomic E-state index is 13.9. The van der Waals surface area contributed by atoms with Crippen molar-refractivity contribution < 1.29 is 41.6 Å². The molecule has 0 saturated carbocycles. The summed E-state index contributed by atoms with van der Waals surface area (Å²) in [4.78, 5) is 55.3. The Hall–Kier alpha value is -6.63. The summed E-state index contributed by atoms with van der Waals surface area (Å²) >= 11 is 0. The van der Waals surface area contributed by atoms with E-state index in [1.165, 1.54) is 43.4 Å². The number of hydrogen-bond donors (Lipinski definition) is 1. The van der Waals surface area contributed by atoms with Crippen LogP contribution < -0.4 is 14.4 Å². The van der Waals surface area contributed by atoms with E-state index in [-0.39, 0.29) is 44.0 Å². The topological polar surface area (TPSA) is 148 Å². The van der Waals surface area contributed by atoms with Gasteiger partial charge in [0.2, 0.25) is 0 Å². The molecule has 0 saturated heterocycles. The van der Waals surface area contributed by atoms with Crippen LogP contribution in [0.2, 0.25) is 0 Å². The number of benzene rings is 6. The minimum atomic E-state index is -4.64. The molecule has 0 aliphatic carbocycles. The van der Waals surface area contributed by atoms with Gasteiger partial charge in [-0.2, -0.15) is 8.42 Å². The molecular formula is C43H32N2O9S. The third-order valence-electron chi connectivity index (χ3n) is 10.1. The molecule has 0 fully saturated rings. The highest BCUT2D eigenvalue weighted by Crippen LogP contribution is 2.41. The number of imide groups is 2. The lowest BCUT2D eigenvalue weighted by molar-refractivity contribution is 0.0649. The average molecular weight is 753 g/mol. The van der Waals surface area contributed by atoms with E-state index in [0.29, 0.717) is 28.2 Å². The van der Waals surface area contributed by atoms with E-state index in [4.69, 9.17) is 9.47 Å². The fourth-order valence-corrected chi connectivity index (χ4v) is 7.79. The van der Waals surface area contributed by atoms with Crippen LogP contribution in [-0.4, -0.2) is 48.5 Å². The fourth-order valence-electron chi connectivity index (χ4n) is 7.15. The first-order valence-electron chi connectivity index (χ1n) is 17.2. The molecule has 2 heterocycles. The highest BCUT2D eigenvalue weighted by atomic mass is 32.2. The monoisotopic (exact) mass is 752 g/mol. The van der Waals surface area contributed by atoms with E-state index < -0.39 is 39.2 Å².